The monoisotopic (exact) mass is 639 g/mol. The van der Waals surface area contributed by atoms with Crippen LogP contribution >= 0.6 is 23.2 Å². The van der Waals surface area contributed by atoms with E-state index in [9.17, 15) is 24.0 Å². The molecular formula is C32H35Cl2N5O5. The Kier molecular flexibility index (Phi) is 10.2. The number of fused-ring (bicyclic) bond motifs is 1. The lowest BCUT2D eigenvalue weighted by molar-refractivity contribution is -0.141. The molecule has 44 heavy (non-hydrogen) atoms. The SMILES string of the molecule is O=C(NC1CCCCC1)C(=O)[C@H](C[C@@H]1CCNC1=O)NC(=O)[C@H](Cc1ccccc1)NC(=O)c1cc2c(Cl)cc(Cl)cc2[nH]1. The van der Waals surface area contributed by atoms with E-state index in [0.29, 0.717) is 33.9 Å². The van der Waals surface area contributed by atoms with E-state index in [2.05, 4.69) is 26.3 Å². The van der Waals surface area contributed by atoms with Crippen molar-refractivity contribution < 1.29 is 24.0 Å². The number of H-pyrrole nitrogens is 1. The van der Waals surface area contributed by atoms with E-state index in [4.69, 9.17) is 23.2 Å². The Labute approximate surface area is 265 Å². The third kappa shape index (κ3) is 7.78. The van der Waals surface area contributed by atoms with Crippen LogP contribution in [0.2, 0.25) is 10.0 Å². The Balaban J connectivity index is 1.36. The molecule has 10 nitrogen and oxygen atoms in total. The van der Waals surface area contributed by atoms with Gasteiger partial charge < -0.3 is 26.3 Å². The van der Waals surface area contributed by atoms with Gasteiger partial charge in [-0.15, -0.1) is 0 Å². The highest BCUT2D eigenvalue weighted by Crippen LogP contribution is 2.28. The first-order valence-electron chi connectivity index (χ1n) is 14.9. The van der Waals surface area contributed by atoms with Crippen LogP contribution < -0.4 is 21.3 Å². The zero-order valence-electron chi connectivity index (χ0n) is 24.1. The number of amides is 4. The summed E-state index contributed by atoms with van der Waals surface area (Å²) in [5.74, 6) is -3.57. The second-order valence-electron chi connectivity index (χ2n) is 11.5. The van der Waals surface area contributed by atoms with Crippen molar-refractivity contribution in [3.8, 4) is 0 Å². The number of rotatable bonds is 11. The number of aromatic amines is 1. The molecule has 12 heteroatoms. The Bertz CT molecular complexity index is 1550. The normalized spacial score (nSPS) is 18.3. The number of Topliss-reactive ketones (excluding diaryl/α,β-unsaturated/α-hetero) is 1. The minimum absolute atomic E-state index is 0.0260. The first kappa shape index (κ1) is 31.5. The van der Waals surface area contributed by atoms with Crippen LogP contribution in [0.3, 0.4) is 0 Å². The van der Waals surface area contributed by atoms with Crippen molar-refractivity contribution >= 4 is 63.5 Å². The zero-order chi connectivity index (χ0) is 31.2. The summed E-state index contributed by atoms with van der Waals surface area (Å²) < 4.78 is 0. The van der Waals surface area contributed by atoms with E-state index in [0.717, 1.165) is 37.7 Å². The molecule has 2 heterocycles. The number of ketones is 1. The number of halogens is 2. The molecule has 2 aliphatic rings. The quantitative estimate of drug-likeness (QED) is 0.202. The molecule has 1 saturated heterocycles. The Morgan fingerprint density at radius 2 is 1.66 bits per heavy atom. The van der Waals surface area contributed by atoms with Crippen LogP contribution in [0.15, 0.2) is 48.5 Å². The van der Waals surface area contributed by atoms with Gasteiger partial charge in [0, 0.05) is 40.9 Å². The van der Waals surface area contributed by atoms with Crippen LogP contribution in [0.1, 0.15) is 61.0 Å². The molecular weight excluding hydrogens is 605 g/mol. The number of hydrogen-bond donors (Lipinski definition) is 5. The van der Waals surface area contributed by atoms with Gasteiger partial charge in [0.05, 0.1) is 11.1 Å². The molecule has 5 N–H and O–H groups in total. The van der Waals surface area contributed by atoms with E-state index < -0.39 is 41.5 Å². The molecule has 3 atom stereocenters. The summed E-state index contributed by atoms with van der Waals surface area (Å²) in [6.45, 7) is 0.457. The summed E-state index contributed by atoms with van der Waals surface area (Å²) >= 11 is 12.4. The fraction of sp³-hybridized carbons (Fsp3) is 0.406. The number of carbonyl (C=O) groups is 5. The van der Waals surface area contributed by atoms with Crippen molar-refractivity contribution in [2.24, 2.45) is 5.92 Å². The van der Waals surface area contributed by atoms with Crippen LogP contribution in [0.25, 0.3) is 10.9 Å². The molecule has 0 spiro atoms. The molecule has 3 aromatic rings. The van der Waals surface area contributed by atoms with E-state index >= 15 is 0 Å². The first-order valence-corrected chi connectivity index (χ1v) is 15.7. The smallest absolute Gasteiger partial charge is 0.289 e. The zero-order valence-corrected chi connectivity index (χ0v) is 25.6. The highest BCUT2D eigenvalue weighted by Gasteiger charge is 2.36. The molecule has 1 saturated carbocycles. The maximum absolute atomic E-state index is 13.8. The van der Waals surface area contributed by atoms with E-state index in [1.807, 2.05) is 30.3 Å². The Morgan fingerprint density at radius 3 is 2.36 bits per heavy atom. The predicted octanol–water partition coefficient (Wildman–Crippen LogP) is 3.84. The fourth-order valence-corrected chi connectivity index (χ4v) is 6.45. The van der Waals surface area contributed by atoms with Crippen LogP contribution in [0, 0.1) is 5.92 Å². The molecule has 2 aromatic carbocycles. The third-order valence-corrected chi connectivity index (χ3v) is 8.81. The lowest BCUT2D eigenvalue weighted by Crippen LogP contribution is -2.55. The number of benzene rings is 2. The molecule has 5 rings (SSSR count). The second-order valence-corrected chi connectivity index (χ2v) is 12.3. The third-order valence-electron chi connectivity index (χ3n) is 8.28. The van der Waals surface area contributed by atoms with Crippen LogP contribution in [-0.2, 0) is 25.6 Å². The van der Waals surface area contributed by atoms with E-state index in [1.54, 1.807) is 18.2 Å². The van der Waals surface area contributed by atoms with Crippen molar-refractivity contribution in [3.05, 3.63) is 69.8 Å². The Morgan fingerprint density at radius 1 is 0.909 bits per heavy atom. The number of carbonyl (C=O) groups excluding carboxylic acids is 5. The van der Waals surface area contributed by atoms with Crippen molar-refractivity contribution in [1.29, 1.82) is 0 Å². The summed E-state index contributed by atoms with van der Waals surface area (Å²) in [5, 5.41) is 12.4. The maximum atomic E-state index is 13.8. The van der Waals surface area contributed by atoms with Crippen LogP contribution in [0.4, 0.5) is 0 Å². The fourth-order valence-electron chi connectivity index (χ4n) is 5.90. The van der Waals surface area contributed by atoms with Gasteiger partial charge >= 0.3 is 0 Å². The lowest BCUT2D eigenvalue weighted by atomic mass is 9.93. The predicted molar refractivity (Wildman–Crippen MR) is 167 cm³/mol. The number of nitrogens with one attached hydrogen (secondary N) is 5. The lowest BCUT2D eigenvalue weighted by Gasteiger charge is -2.26. The summed E-state index contributed by atoms with van der Waals surface area (Å²) in [5.41, 5.74) is 1.49. The van der Waals surface area contributed by atoms with Crippen molar-refractivity contribution in [1.82, 2.24) is 26.3 Å². The Hall–Kier alpha value is -3.89. The molecule has 1 aliphatic heterocycles. The van der Waals surface area contributed by atoms with Gasteiger partial charge in [-0.3, -0.25) is 24.0 Å². The van der Waals surface area contributed by atoms with Gasteiger partial charge in [-0.05, 0) is 49.4 Å². The highest BCUT2D eigenvalue weighted by molar-refractivity contribution is 6.39. The molecule has 0 bridgehead atoms. The van der Waals surface area contributed by atoms with Crippen molar-refractivity contribution in [2.45, 2.75) is 69.5 Å². The van der Waals surface area contributed by atoms with Gasteiger partial charge in [0.2, 0.25) is 17.6 Å². The molecule has 0 unspecified atom stereocenters. The molecule has 1 aromatic heterocycles. The molecule has 1 aliphatic carbocycles. The second kappa shape index (κ2) is 14.3. The van der Waals surface area contributed by atoms with Crippen LogP contribution in [0.5, 0.6) is 0 Å². The van der Waals surface area contributed by atoms with E-state index in [1.165, 1.54) is 0 Å². The summed E-state index contributed by atoms with van der Waals surface area (Å²) in [7, 11) is 0. The highest BCUT2D eigenvalue weighted by atomic mass is 35.5. The number of aromatic nitrogens is 1. The van der Waals surface area contributed by atoms with E-state index in [-0.39, 0.29) is 30.5 Å². The van der Waals surface area contributed by atoms with Gasteiger partial charge in [-0.2, -0.15) is 0 Å². The van der Waals surface area contributed by atoms with Gasteiger partial charge in [-0.1, -0.05) is 72.8 Å². The minimum atomic E-state index is -1.25. The average Bonchev–Trinajstić information content (AvgIpc) is 3.63. The molecule has 0 radical (unpaired) electrons. The molecule has 232 valence electrons. The average molecular weight is 641 g/mol. The summed E-state index contributed by atoms with van der Waals surface area (Å²) in [4.78, 5) is 69.1. The maximum Gasteiger partial charge on any atom is 0.289 e. The standard InChI is InChI=1S/C32H35Cl2N5O5/c33-20-15-23(34)22-17-27(37-24(22)16-20)31(43)39-26(13-18-7-3-1-4-8-18)30(42)38-25(14-19-11-12-35-29(19)41)28(40)32(44)36-21-9-5-2-6-10-21/h1,3-4,7-8,15-17,19,21,25-26,37H,2,5-6,9-14H2,(H,35,41)(H,36,44)(H,38,42)(H,39,43)/t19-,25-,26-/m0/s1. The topological polar surface area (TPSA) is 149 Å². The summed E-state index contributed by atoms with van der Waals surface area (Å²) in [6, 6.07) is 11.4. The summed E-state index contributed by atoms with van der Waals surface area (Å²) in [6.07, 6.45) is 5.18. The number of hydrogen-bond acceptors (Lipinski definition) is 5. The van der Waals surface area contributed by atoms with Crippen molar-refractivity contribution in [3.63, 3.8) is 0 Å². The first-order chi connectivity index (χ1) is 21.2. The van der Waals surface area contributed by atoms with Gasteiger partial charge in [0.15, 0.2) is 0 Å². The molecule has 2 fully saturated rings. The minimum Gasteiger partial charge on any atom is -0.356 e. The van der Waals surface area contributed by atoms with Crippen LogP contribution in [-0.4, -0.2) is 59.1 Å². The van der Waals surface area contributed by atoms with Gasteiger partial charge in [0.25, 0.3) is 11.8 Å². The van der Waals surface area contributed by atoms with Gasteiger partial charge in [0.1, 0.15) is 11.7 Å². The molecule has 4 amide bonds. The van der Waals surface area contributed by atoms with Gasteiger partial charge in [-0.25, -0.2) is 0 Å². The van der Waals surface area contributed by atoms with Crippen molar-refractivity contribution in [2.75, 3.05) is 6.54 Å². The largest absolute Gasteiger partial charge is 0.356 e.